The van der Waals surface area contributed by atoms with Gasteiger partial charge in [-0.3, -0.25) is 4.79 Å². The zero-order chi connectivity index (χ0) is 13.4. The average Bonchev–Trinajstić information content (AvgIpc) is 2.39. The van der Waals surface area contributed by atoms with E-state index in [0.29, 0.717) is 45.8 Å². The van der Waals surface area contributed by atoms with Crippen molar-refractivity contribution in [3.8, 4) is 0 Å². The summed E-state index contributed by atoms with van der Waals surface area (Å²) in [6, 6.07) is 0. The van der Waals surface area contributed by atoms with Gasteiger partial charge >= 0.3 is 0 Å². The number of amides is 1. The second-order valence-corrected chi connectivity index (χ2v) is 6.70. The van der Waals surface area contributed by atoms with Crippen LogP contribution in [0.4, 0.5) is 0 Å². The van der Waals surface area contributed by atoms with Crippen LogP contribution in [-0.4, -0.2) is 70.1 Å². The van der Waals surface area contributed by atoms with Crippen LogP contribution in [0, 0.1) is 0 Å². The maximum Gasteiger partial charge on any atom is 0.224 e. The molecule has 0 radical (unpaired) electrons. The summed E-state index contributed by atoms with van der Waals surface area (Å²) >= 11 is 0. The summed E-state index contributed by atoms with van der Waals surface area (Å²) in [5, 5.41) is 2.99. The minimum Gasteiger partial charge on any atom is -0.378 e. The zero-order valence-corrected chi connectivity index (χ0v) is 11.7. The van der Waals surface area contributed by atoms with Gasteiger partial charge in [0.2, 0.25) is 5.91 Å². The van der Waals surface area contributed by atoms with Crippen molar-refractivity contribution in [2.24, 2.45) is 0 Å². The van der Waals surface area contributed by atoms with Crippen LogP contribution in [0.3, 0.4) is 0 Å². The number of nitrogens with zero attached hydrogens (tertiary/aromatic N) is 1. The number of rotatable bonds is 7. The maximum absolute atomic E-state index is 11.7. The molecule has 0 aromatic rings. The molecule has 0 bridgehead atoms. The van der Waals surface area contributed by atoms with E-state index in [1.165, 1.54) is 0 Å². The fourth-order valence-corrected chi connectivity index (χ4v) is 2.41. The van der Waals surface area contributed by atoms with Gasteiger partial charge < -0.3 is 15.0 Å². The minimum atomic E-state index is -2.92. The molecule has 7 heteroatoms. The highest BCUT2D eigenvalue weighted by molar-refractivity contribution is 7.91. The van der Waals surface area contributed by atoms with Gasteiger partial charge in [0.15, 0.2) is 9.84 Å². The van der Waals surface area contributed by atoms with Crippen LogP contribution in [0.25, 0.3) is 0 Å². The SMILES string of the molecule is CCS(=O)(=O)CCNCCC(=O)N1CCOCC1. The number of morpholine rings is 1. The third-order valence-electron chi connectivity index (χ3n) is 2.91. The standard InChI is InChI=1S/C11H22N2O4S/c1-2-18(15,16)10-5-12-4-3-11(14)13-6-8-17-9-7-13/h12H,2-10H2,1H3. The summed E-state index contributed by atoms with van der Waals surface area (Å²) in [7, 11) is -2.92. The second-order valence-electron chi connectivity index (χ2n) is 4.23. The Morgan fingerprint density at radius 1 is 1.28 bits per heavy atom. The summed E-state index contributed by atoms with van der Waals surface area (Å²) in [6.45, 7) is 5.09. The number of carbonyl (C=O) groups excluding carboxylic acids is 1. The van der Waals surface area contributed by atoms with Crippen molar-refractivity contribution in [2.45, 2.75) is 13.3 Å². The lowest BCUT2D eigenvalue weighted by Crippen LogP contribution is -2.41. The van der Waals surface area contributed by atoms with E-state index >= 15 is 0 Å². The Kier molecular flexibility index (Phi) is 6.59. The van der Waals surface area contributed by atoms with Gasteiger partial charge in [-0.1, -0.05) is 6.92 Å². The van der Waals surface area contributed by atoms with E-state index in [9.17, 15) is 13.2 Å². The Bertz CT molecular complexity index is 350. The predicted molar refractivity (Wildman–Crippen MR) is 69.2 cm³/mol. The molecule has 106 valence electrons. The highest BCUT2D eigenvalue weighted by atomic mass is 32.2. The first-order valence-corrected chi connectivity index (χ1v) is 8.14. The van der Waals surface area contributed by atoms with Crippen LogP contribution < -0.4 is 5.32 Å². The summed E-state index contributed by atoms with van der Waals surface area (Å²) in [6.07, 6.45) is 0.409. The molecule has 18 heavy (non-hydrogen) atoms. The van der Waals surface area contributed by atoms with Crippen LogP contribution in [0.1, 0.15) is 13.3 Å². The van der Waals surface area contributed by atoms with Gasteiger partial charge in [0.25, 0.3) is 0 Å². The first kappa shape index (κ1) is 15.4. The average molecular weight is 278 g/mol. The third kappa shape index (κ3) is 5.79. The van der Waals surface area contributed by atoms with Crippen molar-refractivity contribution in [1.29, 1.82) is 0 Å². The number of hydrogen-bond donors (Lipinski definition) is 1. The van der Waals surface area contributed by atoms with Crippen molar-refractivity contribution in [3.63, 3.8) is 0 Å². The summed E-state index contributed by atoms with van der Waals surface area (Å²) in [5.41, 5.74) is 0. The van der Waals surface area contributed by atoms with E-state index in [2.05, 4.69) is 5.32 Å². The highest BCUT2D eigenvalue weighted by Crippen LogP contribution is 1.99. The molecule has 0 atom stereocenters. The molecule has 1 rings (SSSR count). The third-order valence-corrected chi connectivity index (χ3v) is 4.61. The van der Waals surface area contributed by atoms with E-state index in [4.69, 9.17) is 4.74 Å². The fourth-order valence-electron chi connectivity index (χ4n) is 1.66. The van der Waals surface area contributed by atoms with Gasteiger partial charge in [-0.05, 0) is 0 Å². The molecule has 0 aliphatic carbocycles. The lowest BCUT2D eigenvalue weighted by molar-refractivity contribution is -0.135. The molecule has 0 unspecified atom stereocenters. The Morgan fingerprint density at radius 2 is 1.94 bits per heavy atom. The minimum absolute atomic E-state index is 0.101. The molecule has 1 fully saturated rings. The lowest BCUT2D eigenvalue weighted by Gasteiger charge is -2.26. The molecule has 1 amide bonds. The summed E-state index contributed by atoms with van der Waals surface area (Å²) < 4.78 is 27.6. The molecule has 1 aliphatic heterocycles. The van der Waals surface area contributed by atoms with E-state index in [-0.39, 0.29) is 17.4 Å². The molecule has 0 spiro atoms. The van der Waals surface area contributed by atoms with E-state index in [1.807, 2.05) is 0 Å². The van der Waals surface area contributed by atoms with Gasteiger partial charge in [-0.15, -0.1) is 0 Å². The van der Waals surface area contributed by atoms with Gasteiger partial charge in [0.05, 0.1) is 19.0 Å². The quantitative estimate of drug-likeness (QED) is 0.621. The number of sulfone groups is 1. The molecule has 0 saturated carbocycles. The Hall–Kier alpha value is -0.660. The number of nitrogens with one attached hydrogen (secondary N) is 1. The van der Waals surface area contributed by atoms with Crippen LogP contribution in [0.2, 0.25) is 0 Å². The largest absolute Gasteiger partial charge is 0.378 e. The molecular formula is C11H22N2O4S. The van der Waals surface area contributed by atoms with Gasteiger partial charge in [-0.2, -0.15) is 0 Å². The monoisotopic (exact) mass is 278 g/mol. The molecular weight excluding hydrogens is 256 g/mol. The van der Waals surface area contributed by atoms with E-state index in [0.717, 1.165) is 0 Å². The molecule has 1 aliphatic rings. The van der Waals surface area contributed by atoms with E-state index < -0.39 is 9.84 Å². The van der Waals surface area contributed by atoms with Gasteiger partial charge in [0, 0.05) is 38.4 Å². The molecule has 0 aromatic heterocycles. The van der Waals surface area contributed by atoms with Crippen molar-refractivity contribution in [2.75, 3.05) is 50.9 Å². The van der Waals surface area contributed by atoms with Crippen LogP contribution in [-0.2, 0) is 19.4 Å². The molecule has 1 saturated heterocycles. The van der Waals surface area contributed by atoms with Crippen molar-refractivity contribution >= 4 is 15.7 Å². The highest BCUT2D eigenvalue weighted by Gasteiger charge is 2.16. The van der Waals surface area contributed by atoms with Crippen molar-refractivity contribution in [3.05, 3.63) is 0 Å². The summed E-state index contributed by atoms with van der Waals surface area (Å²) in [5.74, 6) is 0.403. The molecule has 1 N–H and O–H groups in total. The Balaban J connectivity index is 2.08. The first-order chi connectivity index (χ1) is 8.55. The normalized spacial score (nSPS) is 16.8. The van der Waals surface area contributed by atoms with Gasteiger partial charge in [0.1, 0.15) is 0 Å². The summed E-state index contributed by atoms with van der Waals surface area (Å²) in [4.78, 5) is 13.5. The smallest absolute Gasteiger partial charge is 0.224 e. The molecule has 1 heterocycles. The van der Waals surface area contributed by atoms with Crippen LogP contribution in [0.5, 0.6) is 0 Å². The molecule has 0 aromatic carbocycles. The van der Waals surface area contributed by atoms with Gasteiger partial charge in [-0.25, -0.2) is 8.42 Å². The zero-order valence-electron chi connectivity index (χ0n) is 10.9. The second kappa shape index (κ2) is 7.70. The number of hydrogen-bond acceptors (Lipinski definition) is 5. The molecule has 6 nitrogen and oxygen atoms in total. The van der Waals surface area contributed by atoms with Crippen LogP contribution in [0.15, 0.2) is 0 Å². The van der Waals surface area contributed by atoms with E-state index in [1.54, 1.807) is 11.8 Å². The lowest BCUT2D eigenvalue weighted by atomic mass is 10.3. The number of ether oxygens (including phenoxy) is 1. The van der Waals surface area contributed by atoms with Crippen molar-refractivity contribution < 1.29 is 17.9 Å². The fraction of sp³-hybridized carbons (Fsp3) is 0.909. The topological polar surface area (TPSA) is 75.7 Å². The predicted octanol–water partition coefficient (Wildman–Crippen LogP) is -0.740. The van der Waals surface area contributed by atoms with Crippen LogP contribution >= 0.6 is 0 Å². The first-order valence-electron chi connectivity index (χ1n) is 6.32. The Morgan fingerprint density at radius 3 is 2.56 bits per heavy atom. The maximum atomic E-state index is 11.7. The Labute approximate surface area is 109 Å². The number of carbonyl (C=O) groups is 1. The van der Waals surface area contributed by atoms with Crippen molar-refractivity contribution in [1.82, 2.24) is 10.2 Å².